The maximum atomic E-state index is 12.3. The van der Waals surface area contributed by atoms with E-state index in [0.29, 0.717) is 22.2 Å². The Hall–Kier alpha value is -2.78. The van der Waals surface area contributed by atoms with Gasteiger partial charge in [-0.3, -0.25) is 4.79 Å². The van der Waals surface area contributed by atoms with Crippen molar-refractivity contribution in [2.24, 2.45) is 0 Å². The number of carbonyl (C=O) groups is 2. The molecule has 0 radical (unpaired) electrons. The van der Waals surface area contributed by atoms with Gasteiger partial charge in [0.05, 0.1) is 11.3 Å². The molecule has 2 aromatic carbocycles. The number of carboxylic acid groups (broad SMARTS) is 1. The number of rotatable bonds is 6. The molecule has 25 heavy (non-hydrogen) atoms. The fourth-order valence-corrected chi connectivity index (χ4v) is 2.44. The minimum atomic E-state index is -1.12. The lowest BCUT2D eigenvalue weighted by molar-refractivity contribution is 0.0698. The van der Waals surface area contributed by atoms with Crippen LogP contribution in [0.25, 0.3) is 0 Å². The van der Waals surface area contributed by atoms with Crippen LogP contribution < -0.4 is 10.1 Å². The summed E-state index contributed by atoms with van der Waals surface area (Å²) in [6, 6.07) is 11.1. The predicted octanol–water partition coefficient (Wildman–Crippen LogP) is 4.19. The van der Waals surface area contributed by atoms with Crippen molar-refractivity contribution < 1.29 is 19.4 Å². The molecule has 0 aliphatic carbocycles. The van der Waals surface area contributed by atoms with Crippen LogP contribution in [0.3, 0.4) is 0 Å². The number of terminal acetylenes is 1. The molecule has 1 amide bonds. The molecule has 0 aliphatic heterocycles. The molecule has 0 fully saturated rings. The first-order valence-corrected chi connectivity index (χ1v) is 8.31. The standard InChI is InChI=1S/C19H16BrNO4/c1-3-14(4-2)25-15-8-5-12(6-9-15)18(22)21-17-10-7-13(20)11-16(17)19(23)24/h1,5-11,14H,4H2,2H3,(H,21,22)(H,23,24). The molecule has 0 heterocycles. The highest BCUT2D eigenvalue weighted by Gasteiger charge is 2.14. The smallest absolute Gasteiger partial charge is 0.337 e. The van der Waals surface area contributed by atoms with Gasteiger partial charge in [0.15, 0.2) is 6.10 Å². The average molecular weight is 402 g/mol. The summed E-state index contributed by atoms with van der Waals surface area (Å²) in [6.45, 7) is 1.92. The summed E-state index contributed by atoms with van der Waals surface area (Å²) in [6.07, 6.45) is 5.72. The van der Waals surface area contributed by atoms with E-state index in [9.17, 15) is 14.7 Å². The van der Waals surface area contributed by atoms with Gasteiger partial charge in [-0.15, -0.1) is 6.42 Å². The molecule has 1 atom stereocenters. The summed E-state index contributed by atoms with van der Waals surface area (Å²) in [5.74, 6) is 1.56. The van der Waals surface area contributed by atoms with Crippen LogP contribution in [0.15, 0.2) is 46.9 Å². The van der Waals surface area contributed by atoms with Crippen molar-refractivity contribution in [3.8, 4) is 18.1 Å². The number of halogens is 1. The number of anilines is 1. The number of benzene rings is 2. The van der Waals surface area contributed by atoms with E-state index in [4.69, 9.17) is 11.2 Å². The molecule has 0 saturated carbocycles. The molecule has 2 rings (SSSR count). The van der Waals surface area contributed by atoms with Crippen LogP contribution in [0.5, 0.6) is 5.75 Å². The Balaban J connectivity index is 2.14. The van der Waals surface area contributed by atoms with Crippen LogP contribution >= 0.6 is 15.9 Å². The predicted molar refractivity (Wildman–Crippen MR) is 99.0 cm³/mol. The van der Waals surface area contributed by atoms with E-state index in [0.717, 1.165) is 0 Å². The quantitative estimate of drug-likeness (QED) is 0.711. The third kappa shape index (κ3) is 4.85. The van der Waals surface area contributed by atoms with Crippen LogP contribution in [-0.4, -0.2) is 23.1 Å². The van der Waals surface area contributed by atoms with E-state index in [-0.39, 0.29) is 17.4 Å². The molecule has 5 nitrogen and oxygen atoms in total. The van der Waals surface area contributed by atoms with Gasteiger partial charge in [0.25, 0.3) is 5.91 Å². The van der Waals surface area contributed by atoms with Crippen LogP contribution in [0.4, 0.5) is 5.69 Å². The second kappa shape index (κ2) is 8.36. The first kappa shape index (κ1) is 18.6. The zero-order valence-electron chi connectivity index (χ0n) is 13.5. The molecule has 0 saturated heterocycles. The van der Waals surface area contributed by atoms with Crippen LogP contribution in [-0.2, 0) is 0 Å². The Labute approximate surface area is 154 Å². The topological polar surface area (TPSA) is 75.6 Å². The molecular weight excluding hydrogens is 386 g/mol. The van der Waals surface area contributed by atoms with E-state index < -0.39 is 11.9 Å². The molecular formula is C19H16BrNO4. The van der Waals surface area contributed by atoms with Gasteiger partial charge in [0.2, 0.25) is 0 Å². The lowest BCUT2D eigenvalue weighted by Crippen LogP contribution is -2.15. The van der Waals surface area contributed by atoms with Gasteiger partial charge < -0.3 is 15.2 Å². The number of carboxylic acids is 1. The van der Waals surface area contributed by atoms with Crippen LogP contribution in [0.2, 0.25) is 0 Å². The molecule has 128 valence electrons. The maximum Gasteiger partial charge on any atom is 0.337 e. The number of amides is 1. The Kier molecular flexibility index (Phi) is 6.20. The Morgan fingerprint density at radius 3 is 2.52 bits per heavy atom. The van der Waals surface area contributed by atoms with Crippen molar-refractivity contribution in [3.05, 3.63) is 58.1 Å². The molecule has 2 N–H and O–H groups in total. The monoisotopic (exact) mass is 401 g/mol. The average Bonchev–Trinajstić information content (AvgIpc) is 2.61. The molecule has 1 unspecified atom stereocenters. The van der Waals surface area contributed by atoms with Crippen LogP contribution in [0, 0.1) is 12.3 Å². The highest BCUT2D eigenvalue weighted by molar-refractivity contribution is 9.10. The van der Waals surface area contributed by atoms with Crippen molar-refractivity contribution in [3.63, 3.8) is 0 Å². The van der Waals surface area contributed by atoms with Crippen molar-refractivity contribution in [2.75, 3.05) is 5.32 Å². The number of nitrogens with one attached hydrogen (secondary N) is 1. The number of ether oxygens (including phenoxy) is 1. The van der Waals surface area contributed by atoms with E-state index in [2.05, 4.69) is 27.2 Å². The number of hydrogen-bond acceptors (Lipinski definition) is 3. The second-order valence-electron chi connectivity index (χ2n) is 5.15. The molecule has 0 bridgehead atoms. The number of hydrogen-bond donors (Lipinski definition) is 2. The fraction of sp³-hybridized carbons (Fsp3) is 0.158. The SMILES string of the molecule is C#CC(CC)Oc1ccc(C(=O)Nc2ccc(Br)cc2C(=O)O)cc1. The highest BCUT2D eigenvalue weighted by Crippen LogP contribution is 2.22. The minimum absolute atomic E-state index is 0.00230. The zero-order valence-corrected chi connectivity index (χ0v) is 15.0. The highest BCUT2D eigenvalue weighted by atomic mass is 79.9. The summed E-state index contributed by atoms with van der Waals surface area (Å²) < 4.78 is 6.19. The largest absolute Gasteiger partial charge is 0.478 e. The van der Waals surface area contributed by atoms with Gasteiger partial charge in [-0.05, 0) is 48.9 Å². The molecule has 0 aliphatic rings. The lowest BCUT2D eigenvalue weighted by atomic mass is 10.1. The summed E-state index contributed by atoms with van der Waals surface area (Å²) in [7, 11) is 0. The minimum Gasteiger partial charge on any atom is -0.478 e. The number of carbonyl (C=O) groups excluding carboxylic acids is 1. The first-order chi connectivity index (χ1) is 11.9. The zero-order chi connectivity index (χ0) is 18.4. The Morgan fingerprint density at radius 2 is 1.96 bits per heavy atom. The van der Waals surface area contributed by atoms with Crippen molar-refractivity contribution in [1.29, 1.82) is 0 Å². The van der Waals surface area contributed by atoms with Crippen molar-refractivity contribution in [1.82, 2.24) is 0 Å². The van der Waals surface area contributed by atoms with Gasteiger partial charge in [0.1, 0.15) is 5.75 Å². The van der Waals surface area contributed by atoms with Gasteiger partial charge in [-0.2, -0.15) is 0 Å². The molecule has 0 spiro atoms. The summed E-state index contributed by atoms with van der Waals surface area (Å²) in [4.78, 5) is 23.6. The van der Waals surface area contributed by atoms with Crippen molar-refractivity contribution in [2.45, 2.75) is 19.4 Å². The normalized spacial score (nSPS) is 11.2. The van der Waals surface area contributed by atoms with Crippen molar-refractivity contribution >= 4 is 33.5 Å². The van der Waals surface area contributed by atoms with E-state index >= 15 is 0 Å². The number of aromatic carboxylic acids is 1. The second-order valence-corrected chi connectivity index (χ2v) is 6.07. The molecule has 2 aromatic rings. The first-order valence-electron chi connectivity index (χ1n) is 7.51. The Morgan fingerprint density at radius 1 is 1.28 bits per heavy atom. The van der Waals surface area contributed by atoms with Gasteiger partial charge in [-0.25, -0.2) is 4.79 Å². The maximum absolute atomic E-state index is 12.3. The van der Waals surface area contributed by atoms with Crippen LogP contribution in [0.1, 0.15) is 34.1 Å². The third-order valence-corrected chi connectivity index (χ3v) is 3.91. The lowest BCUT2D eigenvalue weighted by Gasteiger charge is -2.12. The van der Waals surface area contributed by atoms with Gasteiger partial charge in [0, 0.05) is 10.0 Å². The summed E-state index contributed by atoms with van der Waals surface area (Å²) >= 11 is 3.21. The van der Waals surface area contributed by atoms with Gasteiger partial charge in [-0.1, -0.05) is 28.8 Å². The Bertz CT molecular complexity index is 824. The molecule has 0 aromatic heterocycles. The molecule has 6 heteroatoms. The van der Waals surface area contributed by atoms with E-state index in [1.807, 2.05) is 6.92 Å². The van der Waals surface area contributed by atoms with Gasteiger partial charge >= 0.3 is 5.97 Å². The fourth-order valence-electron chi connectivity index (χ4n) is 2.08. The third-order valence-electron chi connectivity index (χ3n) is 3.41. The summed E-state index contributed by atoms with van der Waals surface area (Å²) in [5, 5.41) is 11.8. The van der Waals surface area contributed by atoms with E-state index in [1.165, 1.54) is 12.1 Å². The summed E-state index contributed by atoms with van der Waals surface area (Å²) in [5.41, 5.74) is 0.599. The van der Waals surface area contributed by atoms with E-state index in [1.54, 1.807) is 30.3 Å².